The van der Waals surface area contributed by atoms with E-state index < -0.39 is 0 Å². The smallest absolute Gasteiger partial charge is 0.267 e. The van der Waals surface area contributed by atoms with E-state index in [4.69, 9.17) is 9.47 Å². The second kappa shape index (κ2) is 9.78. The Kier molecular flexibility index (Phi) is 7.72. The molecule has 1 aliphatic rings. The molecule has 0 saturated carbocycles. The fraction of sp³-hybridized carbons (Fsp3) is 0.500. The highest BCUT2D eigenvalue weighted by Crippen LogP contribution is 2.38. The number of benzene rings is 1. The van der Waals surface area contributed by atoms with Gasteiger partial charge in [-0.3, -0.25) is 14.5 Å². The summed E-state index contributed by atoms with van der Waals surface area (Å²) in [6, 6.07) is 7.40. The molecule has 0 spiro atoms. The molecule has 6 heteroatoms. The van der Waals surface area contributed by atoms with Gasteiger partial charge in [0.25, 0.3) is 11.8 Å². The van der Waals surface area contributed by atoms with Crippen LogP contribution in [0.5, 0.6) is 5.75 Å². The summed E-state index contributed by atoms with van der Waals surface area (Å²) < 4.78 is 10.6. The lowest BCUT2D eigenvalue weighted by molar-refractivity contribution is -0.136. The van der Waals surface area contributed by atoms with E-state index in [9.17, 15) is 9.59 Å². The van der Waals surface area contributed by atoms with Gasteiger partial charge >= 0.3 is 0 Å². The van der Waals surface area contributed by atoms with E-state index in [1.807, 2.05) is 38.1 Å². The number of methoxy groups -OCH3 is 1. The Morgan fingerprint density at radius 2 is 1.77 bits per heavy atom. The predicted molar refractivity (Wildman–Crippen MR) is 105 cm³/mol. The fourth-order valence-corrected chi connectivity index (χ4v) is 3.67. The highest BCUT2D eigenvalue weighted by Gasteiger charge is 2.39. The molecule has 142 valence electrons. The Morgan fingerprint density at radius 3 is 2.35 bits per heavy atom. The van der Waals surface area contributed by atoms with E-state index in [1.165, 1.54) is 16.7 Å². The molecule has 1 heterocycles. The van der Waals surface area contributed by atoms with E-state index in [0.717, 1.165) is 17.7 Å². The maximum absolute atomic E-state index is 12.9. The number of carbonyl (C=O) groups excluding carboxylic acids is 2. The maximum Gasteiger partial charge on any atom is 0.267 e. The van der Waals surface area contributed by atoms with Gasteiger partial charge in [0.2, 0.25) is 0 Å². The van der Waals surface area contributed by atoms with Gasteiger partial charge in [-0.15, -0.1) is 11.8 Å². The van der Waals surface area contributed by atoms with E-state index in [-0.39, 0.29) is 17.1 Å². The van der Waals surface area contributed by atoms with Gasteiger partial charge in [-0.25, -0.2) is 0 Å². The van der Waals surface area contributed by atoms with Gasteiger partial charge in [-0.1, -0.05) is 32.9 Å². The molecule has 0 unspecified atom stereocenters. The Morgan fingerprint density at radius 1 is 1.08 bits per heavy atom. The van der Waals surface area contributed by atoms with Crippen LogP contribution in [0.25, 0.3) is 5.57 Å². The molecule has 0 bridgehead atoms. The Labute approximate surface area is 159 Å². The molecule has 0 aromatic heterocycles. The van der Waals surface area contributed by atoms with Crippen molar-refractivity contribution in [3.05, 3.63) is 34.7 Å². The Hall–Kier alpha value is -1.79. The summed E-state index contributed by atoms with van der Waals surface area (Å²) in [4.78, 5) is 27.6. The molecule has 1 aromatic rings. The van der Waals surface area contributed by atoms with Gasteiger partial charge in [0.15, 0.2) is 0 Å². The summed E-state index contributed by atoms with van der Waals surface area (Å²) >= 11 is 1.44. The zero-order valence-electron chi connectivity index (χ0n) is 15.9. The number of thioether (sulfide) groups is 1. The minimum atomic E-state index is -0.225. The van der Waals surface area contributed by atoms with Crippen molar-refractivity contribution in [1.82, 2.24) is 4.90 Å². The lowest BCUT2D eigenvalue weighted by atomic mass is 10.1. The lowest BCUT2D eigenvalue weighted by Gasteiger charge is -2.15. The number of carbonyl (C=O) groups is 2. The molecule has 2 amide bonds. The monoisotopic (exact) mass is 377 g/mol. The van der Waals surface area contributed by atoms with Gasteiger partial charge in [0.1, 0.15) is 5.75 Å². The molecular weight excluding hydrogens is 350 g/mol. The van der Waals surface area contributed by atoms with Gasteiger partial charge in [-0.05, 0) is 30.5 Å². The standard InChI is InChI=1S/C20H27NO4S/c1-5-12-25-16-9-7-15(8-10-16)17-18(26-14(2)3)20(23)21(19(17)22)11-6-13-24-4/h7-10,14H,5-6,11-13H2,1-4H3. The Bertz CT molecular complexity index is 667. The summed E-state index contributed by atoms with van der Waals surface area (Å²) in [5, 5.41) is 0.211. The van der Waals surface area contributed by atoms with E-state index in [1.54, 1.807) is 7.11 Å². The van der Waals surface area contributed by atoms with E-state index in [0.29, 0.717) is 36.7 Å². The molecular formula is C20H27NO4S. The first-order valence-corrected chi connectivity index (χ1v) is 9.86. The zero-order chi connectivity index (χ0) is 19.1. The number of nitrogens with zero attached hydrogens (tertiary/aromatic N) is 1. The highest BCUT2D eigenvalue weighted by molar-refractivity contribution is 8.04. The van der Waals surface area contributed by atoms with Crippen molar-refractivity contribution >= 4 is 29.1 Å². The summed E-state index contributed by atoms with van der Waals surface area (Å²) in [5.41, 5.74) is 1.25. The third-order valence-corrected chi connectivity index (χ3v) is 4.91. The third-order valence-electron chi connectivity index (χ3n) is 3.83. The zero-order valence-corrected chi connectivity index (χ0v) is 16.7. The molecule has 2 rings (SSSR count). The molecule has 0 N–H and O–H groups in total. The summed E-state index contributed by atoms with van der Waals surface area (Å²) in [6.07, 6.45) is 1.57. The molecule has 0 fully saturated rings. The number of hydrogen-bond acceptors (Lipinski definition) is 5. The minimum absolute atomic E-state index is 0.203. The minimum Gasteiger partial charge on any atom is -0.494 e. The van der Waals surface area contributed by atoms with Crippen LogP contribution in [0.2, 0.25) is 0 Å². The lowest BCUT2D eigenvalue weighted by Crippen LogP contribution is -2.33. The van der Waals surface area contributed by atoms with Crippen LogP contribution in [-0.2, 0) is 14.3 Å². The summed E-state index contributed by atoms with van der Waals surface area (Å²) in [6.45, 7) is 7.62. The fourth-order valence-electron chi connectivity index (χ4n) is 2.66. The van der Waals surface area contributed by atoms with Crippen LogP contribution >= 0.6 is 11.8 Å². The largest absolute Gasteiger partial charge is 0.494 e. The number of ether oxygens (including phenoxy) is 2. The van der Waals surface area contributed by atoms with Crippen molar-refractivity contribution in [1.29, 1.82) is 0 Å². The number of imide groups is 1. The average Bonchev–Trinajstić information content (AvgIpc) is 2.84. The quantitative estimate of drug-likeness (QED) is 0.459. The van der Waals surface area contributed by atoms with Crippen molar-refractivity contribution in [2.24, 2.45) is 0 Å². The van der Waals surface area contributed by atoms with Crippen LogP contribution in [0.4, 0.5) is 0 Å². The average molecular weight is 378 g/mol. The topological polar surface area (TPSA) is 55.8 Å². The number of amides is 2. The van der Waals surface area contributed by atoms with Crippen molar-refractivity contribution < 1.29 is 19.1 Å². The molecule has 26 heavy (non-hydrogen) atoms. The van der Waals surface area contributed by atoms with Gasteiger partial charge < -0.3 is 9.47 Å². The number of rotatable bonds is 10. The second-order valence-electron chi connectivity index (χ2n) is 6.35. The molecule has 0 radical (unpaired) electrons. The van der Waals surface area contributed by atoms with Crippen molar-refractivity contribution in [2.75, 3.05) is 26.9 Å². The molecule has 0 aliphatic carbocycles. The van der Waals surface area contributed by atoms with Crippen LogP contribution in [0.3, 0.4) is 0 Å². The van der Waals surface area contributed by atoms with Crippen LogP contribution in [0.15, 0.2) is 29.2 Å². The first kappa shape index (κ1) is 20.5. The first-order valence-electron chi connectivity index (χ1n) is 8.98. The van der Waals surface area contributed by atoms with Crippen molar-refractivity contribution in [3.8, 4) is 5.75 Å². The van der Waals surface area contributed by atoms with Gasteiger partial charge in [0.05, 0.1) is 17.1 Å². The van der Waals surface area contributed by atoms with Crippen LogP contribution < -0.4 is 4.74 Å². The normalized spacial score (nSPS) is 14.7. The van der Waals surface area contributed by atoms with Gasteiger partial charge in [-0.2, -0.15) is 0 Å². The number of hydrogen-bond donors (Lipinski definition) is 0. The second-order valence-corrected chi connectivity index (χ2v) is 7.94. The molecule has 0 saturated heterocycles. The third kappa shape index (κ3) is 4.89. The van der Waals surface area contributed by atoms with Crippen LogP contribution in [0.1, 0.15) is 39.2 Å². The summed E-state index contributed by atoms with van der Waals surface area (Å²) in [5.74, 6) is 0.338. The van der Waals surface area contributed by atoms with E-state index >= 15 is 0 Å². The SMILES string of the molecule is CCCOc1ccc(C2=C(SC(C)C)C(=O)N(CCCOC)C2=O)cc1. The van der Waals surface area contributed by atoms with E-state index in [2.05, 4.69) is 6.92 Å². The van der Waals surface area contributed by atoms with Gasteiger partial charge in [0, 0.05) is 25.5 Å². The van der Waals surface area contributed by atoms with Crippen molar-refractivity contribution in [3.63, 3.8) is 0 Å². The predicted octanol–water partition coefficient (Wildman–Crippen LogP) is 3.73. The molecule has 5 nitrogen and oxygen atoms in total. The van der Waals surface area contributed by atoms with Crippen molar-refractivity contribution in [2.45, 2.75) is 38.9 Å². The maximum atomic E-state index is 12.9. The molecule has 0 atom stereocenters. The first-order chi connectivity index (χ1) is 12.5. The molecule has 1 aromatic carbocycles. The summed E-state index contributed by atoms with van der Waals surface area (Å²) in [7, 11) is 1.61. The molecule has 1 aliphatic heterocycles. The highest BCUT2D eigenvalue weighted by atomic mass is 32.2. The van der Waals surface area contributed by atoms with Crippen LogP contribution in [-0.4, -0.2) is 48.8 Å². The Balaban J connectivity index is 2.29. The van der Waals surface area contributed by atoms with Crippen LogP contribution in [0, 0.1) is 0 Å².